The van der Waals surface area contributed by atoms with Gasteiger partial charge in [-0.1, -0.05) is 6.07 Å². The molecule has 1 N–H and O–H groups in total. The molecule has 21 heavy (non-hydrogen) atoms. The van der Waals surface area contributed by atoms with Crippen LogP contribution in [0.25, 0.3) is 0 Å². The Labute approximate surface area is 125 Å². The van der Waals surface area contributed by atoms with Crippen molar-refractivity contribution in [1.29, 1.82) is 5.26 Å². The van der Waals surface area contributed by atoms with Gasteiger partial charge in [-0.2, -0.15) is 5.26 Å². The van der Waals surface area contributed by atoms with Crippen molar-refractivity contribution in [1.82, 2.24) is 14.8 Å². The highest BCUT2D eigenvalue weighted by molar-refractivity contribution is 5.88. The molecule has 2 rings (SSSR count). The number of hydrogen-bond donors (Lipinski definition) is 1. The number of piperazine rings is 1. The van der Waals surface area contributed by atoms with E-state index in [9.17, 15) is 4.79 Å². The van der Waals surface area contributed by atoms with Crippen molar-refractivity contribution in [3.63, 3.8) is 0 Å². The van der Waals surface area contributed by atoms with Crippen LogP contribution >= 0.6 is 0 Å². The molecule has 1 aliphatic rings. The Morgan fingerprint density at radius 3 is 2.67 bits per heavy atom. The predicted octanol–water partition coefficient (Wildman–Crippen LogP) is 1.84. The van der Waals surface area contributed by atoms with Crippen molar-refractivity contribution in [2.45, 2.75) is 32.9 Å². The lowest BCUT2D eigenvalue weighted by Gasteiger charge is -2.43. The molecule has 0 aliphatic carbocycles. The molecule has 0 unspecified atom stereocenters. The molecule has 0 aromatic carbocycles. The van der Waals surface area contributed by atoms with Gasteiger partial charge >= 0.3 is 6.03 Å². The number of carbonyl (C=O) groups is 1. The van der Waals surface area contributed by atoms with Crippen LogP contribution < -0.4 is 5.32 Å². The summed E-state index contributed by atoms with van der Waals surface area (Å²) in [6.45, 7) is 7.60. The maximum Gasteiger partial charge on any atom is 0.323 e. The van der Waals surface area contributed by atoms with Crippen molar-refractivity contribution < 1.29 is 4.79 Å². The summed E-state index contributed by atoms with van der Waals surface area (Å²) in [5.74, 6) is 0.569. The van der Waals surface area contributed by atoms with E-state index in [1.807, 2.05) is 32.9 Å². The van der Waals surface area contributed by atoms with Crippen LogP contribution in [0, 0.1) is 18.3 Å². The molecule has 0 radical (unpaired) electrons. The molecule has 1 aromatic heterocycles. The van der Waals surface area contributed by atoms with Crippen LogP contribution in [0.2, 0.25) is 0 Å². The highest BCUT2D eigenvalue weighted by Crippen LogP contribution is 2.16. The second-order valence-electron chi connectivity index (χ2n) is 5.53. The van der Waals surface area contributed by atoms with Gasteiger partial charge in [0.2, 0.25) is 0 Å². The summed E-state index contributed by atoms with van der Waals surface area (Å²) in [5.41, 5.74) is 0.869. The first-order valence-corrected chi connectivity index (χ1v) is 7.13. The zero-order valence-electron chi connectivity index (χ0n) is 12.7. The van der Waals surface area contributed by atoms with Crippen molar-refractivity contribution >= 4 is 11.8 Å². The first kappa shape index (κ1) is 15.3. The zero-order chi connectivity index (χ0) is 15.4. The number of aryl methyl sites for hydroxylation is 1. The first-order valence-electron chi connectivity index (χ1n) is 7.13. The van der Waals surface area contributed by atoms with Crippen LogP contribution in [0.3, 0.4) is 0 Å². The summed E-state index contributed by atoms with van der Waals surface area (Å²) in [6.07, 6.45) is 0. The summed E-state index contributed by atoms with van der Waals surface area (Å²) in [5, 5.41) is 11.7. The molecule has 112 valence electrons. The third-order valence-electron chi connectivity index (χ3n) is 3.77. The normalized spacial score (nSPS) is 22.7. The minimum Gasteiger partial charge on any atom is -0.321 e. The second kappa shape index (κ2) is 6.55. The Morgan fingerprint density at radius 2 is 2.10 bits per heavy atom. The van der Waals surface area contributed by atoms with E-state index in [0.29, 0.717) is 25.5 Å². The maximum absolute atomic E-state index is 12.3. The lowest BCUT2D eigenvalue weighted by atomic mass is 10.1. The zero-order valence-corrected chi connectivity index (χ0v) is 12.7. The van der Waals surface area contributed by atoms with E-state index in [1.54, 1.807) is 11.0 Å². The summed E-state index contributed by atoms with van der Waals surface area (Å²) in [6, 6.07) is 7.93. The smallest absolute Gasteiger partial charge is 0.321 e. The van der Waals surface area contributed by atoms with E-state index < -0.39 is 0 Å². The Bertz CT molecular complexity index is 541. The third-order valence-corrected chi connectivity index (χ3v) is 3.77. The molecule has 2 atom stereocenters. The lowest BCUT2D eigenvalue weighted by Crippen LogP contribution is -2.58. The number of aromatic nitrogens is 1. The van der Waals surface area contributed by atoms with E-state index in [2.05, 4.69) is 21.3 Å². The van der Waals surface area contributed by atoms with Gasteiger partial charge < -0.3 is 4.90 Å². The SMILES string of the molecule is Cc1cccc(NC(=O)N2C[C@@H](C)N(CC#N)[C@H](C)C2)n1. The molecule has 2 heterocycles. The number of amides is 2. The van der Waals surface area contributed by atoms with Crippen molar-refractivity contribution in [3.8, 4) is 6.07 Å². The summed E-state index contributed by atoms with van der Waals surface area (Å²) < 4.78 is 0. The van der Waals surface area contributed by atoms with Crippen molar-refractivity contribution in [2.75, 3.05) is 25.0 Å². The van der Waals surface area contributed by atoms with Gasteiger partial charge in [0.05, 0.1) is 12.6 Å². The van der Waals surface area contributed by atoms with Crippen LogP contribution in [-0.2, 0) is 0 Å². The van der Waals surface area contributed by atoms with Gasteiger partial charge in [-0.15, -0.1) is 0 Å². The average Bonchev–Trinajstić information content (AvgIpc) is 2.42. The number of hydrogen-bond acceptors (Lipinski definition) is 4. The number of pyridine rings is 1. The molecule has 0 saturated carbocycles. The van der Waals surface area contributed by atoms with E-state index in [-0.39, 0.29) is 18.1 Å². The molecule has 1 aromatic rings. The molecule has 6 nitrogen and oxygen atoms in total. The standard InChI is InChI=1S/C15H21N5O/c1-11-5-4-6-14(17-11)18-15(21)19-9-12(2)20(8-7-16)13(3)10-19/h4-6,12-13H,8-10H2,1-3H3,(H,17,18,21)/t12-,13-/m1/s1. The minimum atomic E-state index is -0.136. The monoisotopic (exact) mass is 287 g/mol. The lowest BCUT2D eigenvalue weighted by molar-refractivity contribution is 0.0703. The Balaban J connectivity index is 2.00. The Kier molecular flexibility index (Phi) is 4.76. The highest BCUT2D eigenvalue weighted by atomic mass is 16.2. The second-order valence-corrected chi connectivity index (χ2v) is 5.53. The Morgan fingerprint density at radius 1 is 1.43 bits per heavy atom. The predicted molar refractivity (Wildman–Crippen MR) is 80.8 cm³/mol. The van der Waals surface area contributed by atoms with Gasteiger partial charge in [0.15, 0.2) is 0 Å². The van der Waals surface area contributed by atoms with Crippen LogP contribution in [0.5, 0.6) is 0 Å². The molecule has 1 saturated heterocycles. The molecule has 1 fully saturated rings. The molecule has 0 bridgehead atoms. The molecular formula is C15H21N5O. The van der Waals surface area contributed by atoms with Gasteiger partial charge in [-0.05, 0) is 32.9 Å². The molecule has 2 amide bonds. The largest absolute Gasteiger partial charge is 0.323 e. The van der Waals surface area contributed by atoms with Gasteiger partial charge in [-0.25, -0.2) is 9.78 Å². The van der Waals surface area contributed by atoms with Crippen molar-refractivity contribution in [3.05, 3.63) is 23.9 Å². The number of nitrogens with zero attached hydrogens (tertiary/aromatic N) is 4. The van der Waals surface area contributed by atoms with Crippen LogP contribution in [0.4, 0.5) is 10.6 Å². The summed E-state index contributed by atoms with van der Waals surface area (Å²) in [7, 11) is 0. The first-order chi connectivity index (χ1) is 10.0. The number of nitriles is 1. The summed E-state index contributed by atoms with van der Waals surface area (Å²) in [4.78, 5) is 20.5. The van der Waals surface area contributed by atoms with Crippen LogP contribution in [-0.4, -0.2) is 52.5 Å². The fraction of sp³-hybridized carbons (Fsp3) is 0.533. The number of carbonyl (C=O) groups excluding carboxylic acids is 1. The molecule has 1 aliphatic heterocycles. The number of anilines is 1. The van der Waals surface area contributed by atoms with Gasteiger partial charge in [0, 0.05) is 30.9 Å². The minimum absolute atomic E-state index is 0.136. The van der Waals surface area contributed by atoms with Gasteiger partial charge in [-0.3, -0.25) is 10.2 Å². The highest BCUT2D eigenvalue weighted by Gasteiger charge is 2.31. The number of rotatable bonds is 2. The van der Waals surface area contributed by atoms with Gasteiger partial charge in [0.1, 0.15) is 5.82 Å². The third kappa shape index (κ3) is 3.70. The fourth-order valence-electron chi connectivity index (χ4n) is 2.72. The van der Waals surface area contributed by atoms with Crippen LogP contribution in [0.15, 0.2) is 18.2 Å². The number of urea groups is 1. The van der Waals surface area contributed by atoms with E-state index >= 15 is 0 Å². The molecule has 6 heteroatoms. The van der Waals surface area contributed by atoms with E-state index in [0.717, 1.165) is 5.69 Å². The summed E-state index contributed by atoms with van der Waals surface area (Å²) >= 11 is 0. The van der Waals surface area contributed by atoms with E-state index in [1.165, 1.54) is 0 Å². The van der Waals surface area contributed by atoms with Crippen LogP contribution in [0.1, 0.15) is 19.5 Å². The molecule has 0 spiro atoms. The Hall–Kier alpha value is -2.13. The average molecular weight is 287 g/mol. The quantitative estimate of drug-likeness (QED) is 0.842. The molecular weight excluding hydrogens is 266 g/mol. The van der Waals surface area contributed by atoms with E-state index in [4.69, 9.17) is 5.26 Å². The maximum atomic E-state index is 12.3. The topological polar surface area (TPSA) is 72.3 Å². The van der Waals surface area contributed by atoms with Crippen molar-refractivity contribution in [2.24, 2.45) is 0 Å². The van der Waals surface area contributed by atoms with Gasteiger partial charge in [0.25, 0.3) is 0 Å². The number of nitrogens with one attached hydrogen (secondary N) is 1. The fourth-order valence-corrected chi connectivity index (χ4v) is 2.72.